The summed E-state index contributed by atoms with van der Waals surface area (Å²) in [6.45, 7) is 0. The quantitative estimate of drug-likeness (QED) is 0.901. The molecular weight excluding hydrogens is 330 g/mol. The maximum absolute atomic E-state index is 12.2. The van der Waals surface area contributed by atoms with E-state index < -0.39 is 0 Å². The van der Waals surface area contributed by atoms with Crippen LogP contribution in [0.3, 0.4) is 0 Å². The first-order valence-electron chi connectivity index (χ1n) is 5.51. The van der Waals surface area contributed by atoms with Gasteiger partial charge in [0.15, 0.2) is 0 Å². The number of hydrogen-bond donors (Lipinski definition) is 1. The lowest BCUT2D eigenvalue weighted by molar-refractivity contribution is 0.102. The van der Waals surface area contributed by atoms with Crippen molar-refractivity contribution in [2.24, 2.45) is 0 Å². The minimum atomic E-state index is -0.229. The molecule has 2 aromatic carbocycles. The first-order valence-corrected chi connectivity index (χ1v) is 6.68. The van der Waals surface area contributed by atoms with Crippen molar-refractivity contribution in [1.29, 1.82) is 0 Å². The van der Waals surface area contributed by atoms with E-state index in [2.05, 4.69) is 21.2 Å². The molecule has 5 heteroatoms. The van der Waals surface area contributed by atoms with E-state index in [1.807, 2.05) is 12.1 Å². The van der Waals surface area contributed by atoms with E-state index in [1.54, 1.807) is 37.4 Å². The number of amides is 1. The van der Waals surface area contributed by atoms with Gasteiger partial charge in [0.1, 0.15) is 5.75 Å². The molecule has 0 heterocycles. The zero-order valence-corrected chi connectivity index (χ0v) is 12.5. The summed E-state index contributed by atoms with van der Waals surface area (Å²) in [6.07, 6.45) is 0. The number of rotatable bonds is 3. The molecule has 0 saturated heterocycles. The molecule has 0 aliphatic rings. The smallest absolute Gasteiger partial charge is 0.256 e. The fourth-order valence-electron chi connectivity index (χ4n) is 1.61. The Labute approximate surface area is 124 Å². The first kappa shape index (κ1) is 13.9. The van der Waals surface area contributed by atoms with Gasteiger partial charge >= 0.3 is 0 Å². The van der Waals surface area contributed by atoms with E-state index in [-0.39, 0.29) is 5.91 Å². The number of para-hydroxylation sites is 2. The fourth-order valence-corrected chi connectivity index (χ4v) is 2.47. The Hall–Kier alpha value is -1.52. The van der Waals surface area contributed by atoms with Gasteiger partial charge in [-0.2, -0.15) is 0 Å². The molecule has 0 fully saturated rings. The number of benzene rings is 2. The Balaban J connectivity index is 2.26. The second kappa shape index (κ2) is 6.08. The summed E-state index contributed by atoms with van der Waals surface area (Å²) < 4.78 is 5.83. The summed E-state index contributed by atoms with van der Waals surface area (Å²) in [7, 11) is 1.56. The monoisotopic (exact) mass is 339 g/mol. The highest BCUT2D eigenvalue weighted by molar-refractivity contribution is 9.10. The zero-order valence-electron chi connectivity index (χ0n) is 10.1. The molecule has 0 saturated carbocycles. The fraction of sp³-hybridized carbons (Fsp3) is 0.0714. The molecule has 2 aromatic rings. The van der Waals surface area contributed by atoms with Gasteiger partial charge in [-0.15, -0.1) is 0 Å². The van der Waals surface area contributed by atoms with Crippen molar-refractivity contribution < 1.29 is 9.53 Å². The van der Waals surface area contributed by atoms with Gasteiger partial charge in [0.2, 0.25) is 0 Å². The Kier molecular flexibility index (Phi) is 4.45. The standard InChI is InChI=1S/C14H11BrClNO2/c1-19-13-5-3-2-4-12(13)17-14(18)10-7-6-9(16)8-11(10)15/h2-8H,1H3,(H,17,18). The molecular formula is C14H11BrClNO2. The number of halogens is 2. The first-order chi connectivity index (χ1) is 9.11. The van der Waals surface area contributed by atoms with E-state index in [1.165, 1.54) is 0 Å². The lowest BCUT2D eigenvalue weighted by Crippen LogP contribution is -2.13. The molecule has 0 radical (unpaired) electrons. The van der Waals surface area contributed by atoms with Crippen molar-refractivity contribution in [3.8, 4) is 5.75 Å². The van der Waals surface area contributed by atoms with Crippen LogP contribution >= 0.6 is 27.5 Å². The van der Waals surface area contributed by atoms with Crippen LogP contribution in [0.2, 0.25) is 5.02 Å². The highest BCUT2D eigenvalue weighted by Gasteiger charge is 2.12. The van der Waals surface area contributed by atoms with Crippen LogP contribution in [0.1, 0.15) is 10.4 Å². The molecule has 0 aliphatic carbocycles. The molecule has 1 N–H and O–H groups in total. The van der Waals surface area contributed by atoms with Gasteiger partial charge in [-0.3, -0.25) is 4.79 Å². The molecule has 0 aliphatic heterocycles. The van der Waals surface area contributed by atoms with Gasteiger partial charge < -0.3 is 10.1 Å². The Morgan fingerprint density at radius 1 is 1.26 bits per heavy atom. The molecule has 1 amide bonds. The second-order valence-electron chi connectivity index (χ2n) is 3.78. The van der Waals surface area contributed by atoms with E-state index in [4.69, 9.17) is 16.3 Å². The van der Waals surface area contributed by atoms with Crippen molar-refractivity contribution in [2.45, 2.75) is 0 Å². The Bertz CT molecular complexity index is 616. The summed E-state index contributed by atoms with van der Waals surface area (Å²) in [5.74, 6) is 0.383. The highest BCUT2D eigenvalue weighted by Crippen LogP contribution is 2.26. The molecule has 0 unspecified atom stereocenters. The molecule has 0 aromatic heterocycles. The minimum Gasteiger partial charge on any atom is -0.495 e. The van der Waals surface area contributed by atoms with Gasteiger partial charge in [0, 0.05) is 9.50 Å². The molecule has 98 valence electrons. The number of carbonyl (C=O) groups excluding carboxylic acids is 1. The van der Waals surface area contributed by atoms with Gasteiger partial charge in [0.05, 0.1) is 18.4 Å². The van der Waals surface area contributed by atoms with Crippen molar-refractivity contribution in [2.75, 3.05) is 12.4 Å². The lowest BCUT2D eigenvalue weighted by atomic mass is 10.2. The summed E-state index contributed by atoms with van der Waals surface area (Å²) in [6, 6.07) is 12.2. The predicted octanol–water partition coefficient (Wildman–Crippen LogP) is 4.36. The van der Waals surface area contributed by atoms with E-state index in [9.17, 15) is 4.79 Å². The van der Waals surface area contributed by atoms with Gasteiger partial charge in [-0.1, -0.05) is 23.7 Å². The number of carbonyl (C=O) groups is 1. The maximum Gasteiger partial charge on any atom is 0.256 e. The largest absolute Gasteiger partial charge is 0.495 e. The van der Waals surface area contributed by atoms with Crippen LogP contribution in [0.15, 0.2) is 46.9 Å². The van der Waals surface area contributed by atoms with Crippen molar-refractivity contribution >= 4 is 39.1 Å². The van der Waals surface area contributed by atoms with Crippen LogP contribution < -0.4 is 10.1 Å². The summed E-state index contributed by atoms with van der Waals surface area (Å²) >= 11 is 9.17. The van der Waals surface area contributed by atoms with E-state index in [0.29, 0.717) is 26.5 Å². The summed E-state index contributed by atoms with van der Waals surface area (Å²) in [4.78, 5) is 12.2. The molecule has 0 atom stereocenters. The van der Waals surface area contributed by atoms with Crippen LogP contribution in [0, 0.1) is 0 Å². The van der Waals surface area contributed by atoms with Crippen molar-refractivity contribution in [3.63, 3.8) is 0 Å². The number of anilines is 1. The topological polar surface area (TPSA) is 38.3 Å². The number of methoxy groups -OCH3 is 1. The van der Waals surface area contributed by atoms with Crippen molar-refractivity contribution in [1.82, 2.24) is 0 Å². The molecule has 0 spiro atoms. The third kappa shape index (κ3) is 3.28. The van der Waals surface area contributed by atoms with E-state index >= 15 is 0 Å². The SMILES string of the molecule is COc1ccccc1NC(=O)c1ccc(Cl)cc1Br. The lowest BCUT2D eigenvalue weighted by Gasteiger charge is -2.10. The van der Waals surface area contributed by atoms with Gasteiger partial charge in [-0.25, -0.2) is 0 Å². The predicted molar refractivity (Wildman–Crippen MR) is 80.1 cm³/mol. The molecule has 2 rings (SSSR count). The molecule has 3 nitrogen and oxygen atoms in total. The van der Waals surface area contributed by atoms with Crippen LogP contribution in [0.25, 0.3) is 0 Å². The summed E-state index contributed by atoms with van der Waals surface area (Å²) in [5.41, 5.74) is 1.13. The maximum atomic E-state index is 12.2. The van der Waals surface area contributed by atoms with Crippen LogP contribution in [-0.2, 0) is 0 Å². The third-order valence-electron chi connectivity index (χ3n) is 2.53. The zero-order chi connectivity index (χ0) is 13.8. The Morgan fingerprint density at radius 2 is 2.00 bits per heavy atom. The Morgan fingerprint density at radius 3 is 2.68 bits per heavy atom. The number of hydrogen-bond acceptors (Lipinski definition) is 2. The third-order valence-corrected chi connectivity index (χ3v) is 3.42. The van der Waals surface area contributed by atoms with Gasteiger partial charge in [0.25, 0.3) is 5.91 Å². The van der Waals surface area contributed by atoms with Crippen LogP contribution in [-0.4, -0.2) is 13.0 Å². The minimum absolute atomic E-state index is 0.229. The van der Waals surface area contributed by atoms with Gasteiger partial charge in [-0.05, 0) is 46.3 Å². The number of ether oxygens (including phenoxy) is 1. The highest BCUT2D eigenvalue weighted by atomic mass is 79.9. The molecule has 19 heavy (non-hydrogen) atoms. The average molecular weight is 341 g/mol. The second-order valence-corrected chi connectivity index (χ2v) is 5.07. The normalized spacial score (nSPS) is 10.1. The van der Waals surface area contributed by atoms with Crippen LogP contribution in [0.5, 0.6) is 5.75 Å². The van der Waals surface area contributed by atoms with Crippen LogP contribution in [0.4, 0.5) is 5.69 Å². The summed E-state index contributed by atoms with van der Waals surface area (Å²) in [5, 5.41) is 3.37. The molecule has 0 bridgehead atoms. The van der Waals surface area contributed by atoms with Crippen molar-refractivity contribution in [3.05, 3.63) is 57.5 Å². The van der Waals surface area contributed by atoms with E-state index in [0.717, 1.165) is 0 Å². The average Bonchev–Trinajstić information content (AvgIpc) is 2.39. The number of nitrogens with one attached hydrogen (secondary N) is 1.